The second-order valence-electron chi connectivity index (χ2n) is 4.84. The van der Waals surface area contributed by atoms with Crippen LogP contribution in [0.15, 0.2) is 0 Å². The lowest BCUT2D eigenvalue weighted by atomic mass is 9.90. The zero-order chi connectivity index (χ0) is 12.6. The third-order valence-electron chi connectivity index (χ3n) is 3.76. The number of aliphatic hydroxyl groups is 4. The van der Waals surface area contributed by atoms with Crippen molar-refractivity contribution in [3.05, 3.63) is 0 Å². The Balaban J connectivity index is 1.86. The maximum absolute atomic E-state index is 9.75. The molecule has 2 fully saturated rings. The number of unbranched alkanes of at least 4 members (excludes halogenated alkanes) is 2. The molecule has 7 atom stereocenters. The van der Waals surface area contributed by atoms with Crippen molar-refractivity contribution < 1.29 is 20.4 Å². The van der Waals surface area contributed by atoms with Crippen LogP contribution in [-0.4, -0.2) is 68.4 Å². The number of hydrogen-bond donors (Lipinski definition) is 4. The summed E-state index contributed by atoms with van der Waals surface area (Å²) in [5.41, 5.74) is 0. The van der Waals surface area contributed by atoms with Gasteiger partial charge in [-0.1, -0.05) is 0 Å². The van der Waals surface area contributed by atoms with Crippen LogP contribution in [0.3, 0.4) is 0 Å². The Kier molecular flexibility index (Phi) is 3.71. The van der Waals surface area contributed by atoms with Crippen LogP contribution in [0.2, 0.25) is 0 Å². The van der Waals surface area contributed by atoms with E-state index in [0.29, 0.717) is 0 Å². The Morgan fingerprint density at radius 2 is 1.41 bits per heavy atom. The molecular weight excluding hydrogens is 222 g/mol. The van der Waals surface area contributed by atoms with Gasteiger partial charge in [-0.15, -0.1) is 12.3 Å². The standard InChI is InChI=1S/C12H19NO4/c1-2-3-4-5-6-13-7-8(13)10(15)12(17)11(16)9(7)14/h1,7-12,14-17H,3-6H2/t7-,8+,9-,10-,11+,12+,13?/m0/s1. The van der Waals surface area contributed by atoms with Crippen molar-refractivity contribution in [3.63, 3.8) is 0 Å². The van der Waals surface area contributed by atoms with E-state index in [1.54, 1.807) is 0 Å². The van der Waals surface area contributed by atoms with E-state index in [0.717, 1.165) is 25.8 Å². The summed E-state index contributed by atoms with van der Waals surface area (Å²) >= 11 is 0. The summed E-state index contributed by atoms with van der Waals surface area (Å²) < 4.78 is 0. The van der Waals surface area contributed by atoms with E-state index < -0.39 is 24.4 Å². The first-order chi connectivity index (χ1) is 8.09. The normalized spacial score (nSPS) is 48.3. The highest BCUT2D eigenvalue weighted by Crippen LogP contribution is 2.41. The van der Waals surface area contributed by atoms with Crippen molar-refractivity contribution in [3.8, 4) is 12.3 Å². The van der Waals surface area contributed by atoms with Crippen molar-refractivity contribution >= 4 is 0 Å². The van der Waals surface area contributed by atoms with Crippen molar-refractivity contribution in [1.29, 1.82) is 0 Å². The molecule has 0 aromatic carbocycles. The van der Waals surface area contributed by atoms with Gasteiger partial charge in [0.05, 0.1) is 24.3 Å². The molecule has 2 aliphatic rings. The molecule has 2 rings (SSSR count). The Morgan fingerprint density at radius 3 is 1.88 bits per heavy atom. The first-order valence-electron chi connectivity index (χ1n) is 6.01. The largest absolute Gasteiger partial charge is 0.389 e. The van der Waals surface area contributed by atoms with E-state index in [-0.39, 0.29) is 12.1 Å². The first kappa shape index (κ1) is 12.8. The molecule has 5 heteroatoms. The fraction of sp³-hybridized carbons (Fsp3) is 0.833. The average molecular weight is 241 g/mol. The lowest BCUT2D eigenvalue weighted by Gasteiger charge is -2.30. The van der Waals surface area contributed by atoms with Gasteiger partial charge in [0.15, 0.2) is 0 Å². The van der Waals surface area contributed by atoms with Crippen molar-refractivity contribution in [2.24, 2.45) is 0 Å². The van der Waals surface area contributed by atoms with Gasteiger partial charge in [0.1, 0.15) is 12.2 Å². The molecule has 0 spiro atoms. The van der Waals surface area contributed by atoms with Crippen LogP contribution in [0.1, 0.15) is 19.3 Å². The smallest absolute Gasteiger partial charge is 0.110 e. The quantitative estimate of drug-likeness (QED) is 0.268. The molecule has 4 N–H and O–H groups in total. The Hall–Kier alpha value is -0.640. The van der Waals surface area contributed by atoms with Gasteiger partial charge in [-0.2, -0.15) is 0 Å². The van der Waals surface area contributed by atoms with Crippen LogP contribution in [-0.2, 0) is 0 Å². The molecule has 0 radical (unpaired) electrons. The molecule has 0 aromatic heterocycles. The van der Waals surface area contributed by atoms with E-state index in [9.17, 15) is 20.4 Å². The van der Waals surface area contributed by atoms with E-state index >= 15 is 0 Å². The van der Waals surface area contributed by atoms with Crippen LogP contribution in [0, 0.1) is 12.3 Å². The van der Waals surface area contributed by atoms with Gasteiger partial charge in [0.2, 0.25) is 0 Å². The molecule has 1 heterocycles. The van der Waals surface area contributed by atoms with Gasteiger partial charge in [0, 0.05) is 6.42 Å². The lowest BCUT2D eigenvalue weighted by Crippen LogP contribution is -2.53. The number of fused-ring (bicyclic) bond motifs is 1. The molecule has 1 aliphatic carbocycles. The van der Waals surface area contributed by atoms with Gasteiger partial charge in [0.25, 0.3) is 0 Å². The summed E-state index contributed by atoms with van der Waals surface area (Å²) in [7, 11) is 0. The molecular formula is C12H19NO4. The van der Waals surface area contributed by atoms with Gasteiger partial charge in [-0.3, -0.25) is 4.90 Å². The minimum Gasteiger partial charge on any atom is -0.389 e. The van der Waals surface area contributed by atoms with Gasteiger partial charge in [-0.25, -0.2) is 0 Å². The Labute approximate surface area is 101 Å². The number of likely N-dealkylation sites (tertiary alicyclic amines) is 1. The number of hydrogen-bond acceptors (Lipinski definition) is 5. The highest BCUT2D eigenvalue weighted by molar-refractivity contribution is 5.17. The summed E-state index contributed by atoms with van der Waals surface area (Å²) in [4.78, 5) is 1.92. The lowest BCUT2D eigenvalue weighted by molar-refractivity contribution is -0.121. The predicted octanol–water partition coefficient (Wildman–Crippen LogP) is -1.70. The van der Waals surface area contributed by atoms with Gasteiger partial charge >= 0.3 is 0 Å². The highest BCUT2D eigenvalue weighted by Gasteiger charge is 2.63. The fourth-order valence-corrected chi connectivity index (χ4v) is 2.74. The monoisotopic (exact) mass is 241 g/mol. The van der Waals surface area contributed by atoms with Crippen LogP contribution in [0.5, 0.6) is 0 Å². The highest BCUT2D eigenvalue weighted by atomic mass is 16.4. The summed E-state index contributed by atoms with van der Waals surface area (Å²) in [5.74, 6) is 2.56. The van der Waals surface area contributed by atoms with Gasteiger partial charge < -0.3 is 20.4 Å². The molecule has 1 unspecified atom stereocenters. The number of terminal acetylenes is 1. The fourth-order valence-electron chi connectivity index (χ4n) is 2.74. The van der Waals surface area contributed by atoms with Gasteiger partial charge in [-0.05, 0) is 19.4 Å². The topological polar surface area (TPSA) is 83.9 Å². The first-order valence-corrected chi connectivity index (χ1v) is 6.01. The summed E-state index contributed by atoms with van der Waals surface area (Å²) in [5, 5.41) is 38.6. The summed E-state index contributed by atoms with van der Waals surface area (Å²) in [6.45, 7) is 0.727. The summed E-state index contributed by atoms with van der Waals surface area (Å²) in [6, 6.07) is -0.455. The van der Waals surface area contributed by atoms with E-state index in [1.165, 1.54) is 0 Å². The van der Waals surface area contributed by atoms with Crippen molar-refractivity contribution in [2.45, 2.75) is 55.8 Å². The van der Waals surface area contributed by atoms with E-state index in [1.807, 2.05) is 4.90 Å². The minimum atomic E-state index is -1.26. The molecule has 1 saturated carbocycles. The molecule has 96 valence electrons. The maximum atomic E-state index is 9.75. The Bertz CT molecular complexity index is 296. The van der Waals surface area contributed by atoms with Crippen LogP contribution in [0.25, 0.3) is 0 Å². The van der Waals surface area contributed by atoms with Crippen LogP contribution < -0.4 is 0 Å². The average Bonchev–Trinajstić information content (AvgIpc) is 3.04. The molecule has 0 aromatic rings. The summed E-state index contributed by atoms with van der Waals surface area (Å²) in [6.07, 6.45) is 3.18. The second kappa shape index (κ2) is 4.92. The number of aliphatic hydroxyl groups excluding tert-OH is 4. The predicted molar refractivity (Wildman–Crippen MR) is 61.0 cm³/mol. The zero-order valence-electron chi connectivity index (χ0n) is 9.61. The third-order valence-corrected chi connectivity index (χ3v) is 3.76. The zero-order valence-corrected chi connectivity index (χ0v) is 9.61. The third kappa shape index (κ3) is 2.19. The van der Waals surface area contributed by atoms with Crippen molar-refractivity contribution in [2.75, 3.05) is 6.54 Å². The second-order valence-corrected chi connectivity index (χ2v) is 4.84. The van der Waals surface area contributed by atoms with Crippen molar-refractivity contribution in [1.82, 2.24) is 4.90 Å². The molecule has 17 heavy (non-hydrogen) atoms. The minimum absolute atomic E-state index is 0.228. The molecule has 1 saturated heterocycles. The molecule has 1 aliphatic heterocycles. The van der Waals surface area contributed by atoms with E-state index in [4.69, 9.17) is 6.42 Å². The Morgan fingerprint density at radius 1 is 0.882 bits per heavy atom. The molecule has 0 amide bonds. The maximum Gasteiger partial charge on any atom is 0.110 e. The van der Waals surface area contributed by atoms with Crippen LogP contribution >= 0.6 is 0 Å². The SMILES string of the molecule is C#CCCCCN1[C@@H]2[C@H](O)[C@@H](O)[C@H](O)[C@@H](O)[C@@H]21. The van der Waals surface area contributed by atoms with E-state index in [2.05, 4.69) is 5.92 Å². The number of rotatable bonds is 4. The number of nitrogens with zero attached hydrogens (tertiary/aromatic N) is 1. The molecule has 5 nitrogen and oxygen atoms in total. The molecule has 0 bridgehead atoms. The van der Waals surface area contributed by atoms with Crippen LogP contribution in [0.4, 0.5) is 0 Å².